The van der Waals surface area contributed by atoms with Gasteiger partial charge >= 0.3 is 18.2 Å². The minimum atomic E-state index is -4.38. The largest absolute Gasteiger partial charge is 0.478 e. The van der Waals surface area contributed by atoms with Gasteiger partial charge in [-0.1, -0.05) is 30.3 Å². The fourth-order valence-corrected chi connectivity index (χ4v) is 4.80. The van der Waals surface area contributed by atoms with Crippen LogP contribution in [0.2, 0.25) is 0 Å². The first-order valence-corrected chi connectivity index (χ1v) is 9.78. The van der Waals surface area contributed by atoms with Crippen LogP contribution in [0.15, 0.2) is 48.5 Å². The number of amides is 2. The number of carbonyl (C=O) groups is 2. The molecule has 2 aliphatic rings. The van der Waals surface area contributed by atoms with E-state index < -0.39 is 17.7 Å². The van der Waals surface area contributed by atoms with Gasteiger partial charge in [0, 0.05) is 13.1 Å². The van der Waals surface area contributed by atoms with E-state index >= 15 is 0 Å². The van der Waals surface area contributed by atoms with E-state index in [4.69, 9.17) is 0 Å². The summed E-state index contributed by atoms with van der Waals surface area (Å²) < 4.78 is 40.1. The molecule has 3 atom stereocenters. The maximum absolute atomic E-state index is 13.4. The Morgan fingerprint density at radius 2 is 1.57 bits per heavy atom. The minimum Gasteiger partial charge on any atom is -0.478 e. The van der Waals surface area contributed by atoms with E-state index in [1.54, 1.807) is 29.2 Å². The normalized spacial score (nSPS) is 23.3. The van der Waals surface area contributed by atoms with Gasteiger partial charge in [0.15, 0.2) is 0 Å². The summed E-state index contributed by atoms with van der Waals surface area (Å²) in [5.74, 6) is -1.03. The molecule has 0 spiro atoms. The molecule has 1 aliphatic carbocycles. The van der Waals surface area contributed by atoms with Crippen molar-refractivity contribution in [3.8, 4) is 0 Å². The number of urea groups is 1. The Hall–Kier alpha value is -3.03. The standard InChI is InChI=1S/C22H21F3N2O3/c23-22(24,25)18-7-3-1-5-16(18)13-9-14-11-27(12-15(14)10-13)21(30)26-19-8-4-2-6-17(19)20(28)29/h1-8,13-15H,9-12H2,(H,26,30)(H,28,29)/t13?,14-,15+. The maximum Gasteiger partial charge on any atom is 0.416 e. The molecule has 0 radical (unpaired) electrons. The highest BCUT2D eigenvalue weighted by Crippen LogP contribution is 2.48. The number of fused-ring (bicyclic) bond motifs is 1. The van der Waals surface area contributed by atoms with Crippen LogP contribution < -0.4 is 5.32 Å². The summed E-state index contributed by atoms with van der Waals surface area (Å²) >= 11 is 0. The Balaban J connectivity index is 1.42. The third-order valence-electron chi connectivity index (χ3n) is 6.14. The smallest absolute Gasteiger partial charge is 0.416 e. The predicted octanol–water partition coefficient (Wildman–Crippen LogP) is 5.06. The number of rotatable bonds is 3. The van der Waals surface area contributed by atoms with Crippen LogP contribution in [-0.4, -0.2) is 35.1 Å². The fourth-order valence-electron chi connectivity index (χ4n) is 4.80. The first kappa shape index (κ1) is 20.3. The quantitative estimate of drug-likeness (QED) is 0.732. The monoisotopic (exact) mass is 418 g/mol. The van der Waals surface area contributed by atoms with Gasteiger partial charge in [-0.3, -0.25) is 0 Å². The van der Waals surface area contributed by atoms with Gasteiger partial charge in [0.05, 0.1) is 16.8 Å². The molecule has 30 heavy (non-hydrogen) atoms. The third kappa shape index (κ3) is 3.86. The van der Waals surface area contributed by atoms with Crippen molar-refractivity contribution in [3.63, 3.8) is 0 Å². The second-order valence-corrected chi connectivity index (χ2v) is 7.96. The highest BCUT2D eigenvalue weighted by atomic mass is 19.4. The Labute approximate surface area is 171 Å². The van der Waals surface area contributed by atoms with Crippen LogP contribution in [0, 0.1) is 11.8 Å². The van der Waals surface area contributed by atoms with Crippen LogP contribution in [-0.2, 0) is 6.18 Å². The van der Waals surface area contributed by atoms with Crippen molar-refractivity contribution in [1.29, 1.82) is 0 Å². The van der Waals surface area contributed by atoms with Gasteiger partial charge in [0.25, 0.3) is 0 Å². The highest BCUT2D eigenvalue weighted by molar-refractivity contribution is 6.00. The number of aromatic carboxylic acids is 1. The lowest BCUT2D eigenvalue weighted by atomic mass is 9.91. The van der Waals surface area contributed by atoms with E-state index in [1.165, 1.54) is 18.2 Å². The molecule has 2 aromatic rings. The second-order valence-electron chi connectivity index (χ2n) is 7.96. The summed E-state index contributed by atoms with van der Waals surface area (Å²) in [6.45, 7) is 0.910. The molecule has 1 saturated carbocycles. The topological polar surface area (TPSA) is 69.6 Å². The lowest BCUT2D eigenvalue weighted by molar-refractivity contribution is -0.138. The number of alkyl halides is 3. The van der Waals surface area contributed by atoms with Gasteiger partial charge in [-0.2, -0.15) is 13.2 Å². The highest BCUT2D eigenvalue weighted by Gasteiger charge is 2.45. The van der Waals surface area contributed by atoms with Crippen molar-refractivity contribution in [1.82, 2.24) is 4.90 Å². The molecular formula is C22H21F3N2O3. The third-order valence-corrected chi connectivity index (χ3v) is 6.14. The Morgan fingerprint density at radius 3 is 2.20 bits per heavy atom. The van der Waals surface area contributed by atoms with Crippen molar-refractivity contribution in [2.75, 3.05) is 18.4 Å². The zero-order valence-electron chi connectivity index (χ0n) is 16.0. The number of para-hydroxylation sites is 1. The summed E-state index contributed by atoms with van der Waals surface area (Å²) in [4.78, 5) is 25.6. The SMILES string of the molecule is O=C(O)c1ccccc1NC(=O)N1C[C@H]2CC(c3ccccc3C(F)(F)F)C[C@H]2C1. The van der Waals surface area contributed by atoms with Gasteiger partial charge in [-0.05, 0) is 54.4 Å². The van der Waals surface area contributed by atoms with Gasteiger partial charge in [-0.15, -0.1) is 0 Å². The summed E-state index contributed by atoms with van der Waals surface area (Å²) in [5.41, 5.74) is -0.00117. The van der Waals surface area contributed by atoms with Crippen molar-refractivity contribution in [2.24, 2.45) is 11.8 Å². The number of halogens is 3. The van der Waals surface area contributed by atoms with Crippen molar-refractivity contribution in [2.45, 2.75) is 24.9 Å². The Bertz CT molecular complexity index is 962. The first-order valence-electron chi connectivity index (χ1n) is 9.78. The molecule has 2 amide bonds. The molecule has 1 saturated heterocycles. The van der Waals surface area contributed by atoms with Crippen LogP contribution in [0.5, 0.6) is 0 Å². The van der Waals surface area contributed by atoms with Gasteiger partial charge < -0.3 is 15.3 Å². The maximum atomic E-state index is 13.4. The summed E-state index contributed by atoms with van der Waals surface area (Å²) in [6, 6.07) is 11.5. The van der Waals surface area contributed by atoms with Crippen molar-refractivity contribution < 1.29 is 27.9 Å². The number of carboxylic acid groups (broad SMARTS) is 1. The molecule has 2 fully saturated rings. The Morgan fingerprint density at radius 1 is 0.967 bits per heavy atom. The van der Waals surface area contributed by atoms with E-state index in [0.717, 1.165) is 6.07 Å². The number of anilines is 1. The molecule has 1 unspecified atom stereocenters. The molecule has 2 aromatic carbocycles. The molecule has 0 aromatic heterocycles. The van der Waals surface area contributed by atoms with Crippen LogP contribution in [0.4, 0.5) is 23.7 Å². The average Bonchev–Trinajstić information content (AvgIpc) is 3.27. The molecule has 1 heterocycles. The first-order chi connectivity index (χ1) is 14.2. The van der Waals surface area contributed by atoms with Gasteiger partial charge in [-0.25, -0.2) is 9.59 Å². The number of hydrogen-bond acceptors (Lipinski definition) is 2. The Kier molecular flexibility index (Phi) is 5.17. The number of carboxylic acids is 1. The fraction of sp³-hybridized carbons (Fsp3) is 0.364. The van der Waals surface area contributed by atoms with Crippen molar-refractivity contribution in [3.05, 3.63) is 65.2 Å². The molecule has 2 N–H and O–H groups in total. The molecule has 8 heteroatoms. The van der Waals surface area contributed by atoms with Gasteiger partial charge in [0.1, 0.15) is 0 Å². The van der Waals surface area contributed by atoms with E-state index in [1.807, 2.05) is 0 Å². The van der Waals surface area contributed by atoms with Gasteiger partial charge in [0.2, 0.25) is 0 Å². The number of nitrogens with zero attached hydrogens (tertiary/aromatic N) is 1. The minimum absolute atomic E-state index is 0.00839. The number of likely N-dealkylation sites (tertiary alicyclic amines) is 1. The summed E-state index contributed by atoms with van der Waals surface area (Å²) in [6.07, 6.45) is -3.17. The van der Waals surface area contributed by atoms with Crippen molar-refractivity contribution >= 4 is 17.7 Å². The average molecular weight is 418 g/mol. The molecule has 4 rings (SSSR count). The molecule has 1 aliphatic heterocycles. The lowest BCUT2D eigenvalue weighted by Crippen LogP contribution is -2.34. The van der Waals surface area contributed by atoms with E-state index in [2.05, 4.69) is 5.32 Å². The molecule has 0 bridgehead atoms. The second kappa shape index (κ2) is 7.66. The predicted molar refractivity (Wildman–Crippen MR) is 104 cm³/mol. The molecular weight excluding hydrogens is 397 g/mol. The van der Waals surface area contributed by atoms with Crippen LogP contribution in [0.3, 0.4) is 0 Å². The van der Waals surface area contributed by atoms with E-state index in [9.17, 15) is 27.9 Å². The van der Waals surface area contributed by atoms with E-state index in [-0.39, 0.29) is 35.0 Å². The molecule has 158 valence electrons. The number of hydrogen-bond donors (Lipinski definition) is 2. The zero-order valence-corrected chi connectivity index (χ0v) is 16.0. The van der Waals surface area contributed by atoms with Crippen LogP contribution in [0.1, 0.15) is 40.2 Å². The zero-order chi connectivity index (χ0) is 21.5. The number of carbonyl (C=O) groups excluding carboxylic acids is 1. The summed E-state index contributed by atoms with van der Waals surface area (Å²) in [5, 5.41) is 11.9. The lowest BCUT2D eigenvalue weighted by Gasteiger charge is -2.22. The number of benzene rings is 2. The van der Waals surface area contributed by atoms with Crippen LogP contribution >= 0.6 is 0 Å². The van der Waals surface area contributed by atoms with E-state index in [0.29, 0.717) is 31.5 Å². The van der Waals surface area contributed by atoms with Crippen LogP contribution in [0.25, 0.3) is 0 Å². The summed E-state index contributed by atoms with van der Waals surface area (Å²) in [7, 11) is 0. The number of nitrogens with one attached hydrogen (secondary N) is 1. The molecule has 5 nitrogen and oxygen atoms in total.